The topological polar surface area (TPSA) is 74.6 Å². The number of urea groups is 1. The molecule has 0 fully saturated rings. The molecule has 0 heterocycles. The Bertz CT molecular complexity index is 766. The molecule has 0 saturated carbocycles. The molecule has 6 nitrogen and oxygen atoms in total. The van der Waals surface area contributed by atoms with E-state index in [1.165, 1.54) is 0 Å². The fourth-order valence-electron chi connectivity index (χ4n) is 2.33. The van der Waals surface area contributed by atoms with Crippen molar-refractivity contribution in [3.8, 4) is 17.6 Å². The smallest absolute Gasteiger partial charge is 0.317 e. The third-order valence-corrected chi connectivity index (χ3v) is 3.74. The van der Waals surface area contributed by atoms with E-state index in [0.717, 1.165) is 11.1 Å². The molecule has 0 aliphatic rings. The lowest BCUT2D eigenvalue weighted by Crippen LogP contribution is -2.36. The Balaban J connectivity index is 1.91. The van der Waals surface area contributed by atoms with E-state index in [4.69, 9.17) is 14.7 Å². The van der Waals surface area contributed by atoms with Crippen molar-refractivity contribution in [2.75, 3.05) is 21.3 Å². The van der Waals surface area contributed by atoms with Crippen molar-refractivity contribution in [2.24, 2.45) is 0 Å². The minimum atomic E-state index is -0.181. The zero-order valence-corrected chi connectivity index (χ0v) is 14.6. The van der Waals surface area contributed by atoms with Crippen LogP contribution >= 0.6 is 0 Å². The van der Waals surface area contributed by atoms with Crippen molar-refractivity contribution in [1.29, 1.82) is 5.26 Å². The number of ether oxygens (including phenoxy) is 2. The van der Waals surface area contributed by atoms with Crippen LogP contribution in [0.2, 0.25) is 0 Å². The van der Waals surface area contributed by atoms with Crippen molar-refractivity contribution in [1.82, 2.24) is 10.2 Å². The SMILES string of the molecule is COc1ccc(CNC(=O)N(C)Cc2ccc(C#N)cc2)cc1OC. The number of nitrogens with one attached hydrogen (secondary N) is 1. The molecule has 0 aromatic heterocycles. The second kappa shape index (κ2) is 8.60. The lowest BCUT2D eigenvalue weighted by molar-refractivity contribution is 0.206. The molecular formula is C19H21N3O3. The summed E-state index contributed by atoms with van der Waals surface area (Å²) in [5.74, 6) is 1.27. The molecule has 0 aliphatic carbocycles. The molecule has 6 heteroatoms. The summed E-state index contributed by atoms with van der Waals surface area (Å²) in [4.78, 5) is 13.8. The molecule has 0 unspecified atom stereocenters. The summed E-state index contributed by atoms with van der Waals surface area (Å²) in [6.45, 7) is 0.848. The van der Waals surface area contributed by atoms with E-state index in [2.05, 4.69) is 11.4 Å². The highest BCUT2D eigenvalue weighted by Gasteiger charge is 2.10. The zero-order valence-electron chi connectivity index (χ0n) is 14.6. The first kappa shape index (κ1) is 18.1. The van der Waals surface area contributed by atoms with Crippen molar-refractivity contribution < 1.29 is 14.3 Å². The maximum Gasteiger partial charge on any atom is 0.317 e. The Morgan fingerprint density at radius 3 is 2.32 bits per heavy atom. The average molecular weight is 339 g/mol. The molecule has 1 N–H and O–H groups in total. The average Bonchev–Trinajstić information content (AvgIpc) is 2.66. The first-order valence-corrected chi connectivity index (χ1v) is 7.76. The van der Waals surface area contributed by atoms with Gasteiger partial charge in [0.2, 0.25) is 0 Å². The van der Waals surface area contributed by atoms with Gasteiger partial charge in [0.15, 0.2) is 11.5 Å². The van der Waals surface area contributed by atoms with Gasteiger partial charge in [-0.15, -0.1) is 0 Å². The maximum atomic E-state index is 12.2. The monoisotopic (exact) mass is 339 g/mol. The van der Waals surface area contributed by atoms with Gasteiger partial charge in [-0.25, -0.2) is 4.79 Å². The number of nitrogens with zero attached hydrogens (tertiary/aromatic N) is 2. The first-order valence-electron chi connectivity index (χ1n) is 7.76. The summed E-state index contributed by atoms with van der Waals surface area (Å²) in [6, 6.07) is 14.6. The van der Waals surface area contributed by atoms with E-state index in [9.17, 15) is 4.79 Å². The van der Waals surface area contributed by atoms with Crippen LogP contribution in [0.1, 0.15) is 16.7 Å². The number of benzene rings is 2. The van der Waals surface area contributed by atoms with Crippen LogP contribution in [0, 0.1) is 11.3 Å². The number of hydrogen-bond donors (Lipinski definition) is 1. The van der Waals surface area contributed by atoms with Gasteiger partial charge in [-0.2, -0.15) is 5.26 Å². The van der Waals surface area contributed by atoms with Crippen molar-refractivity contribution >= 4 is 6.03 Å². The summed E-state index contributed by atoms with van der Waals surface area (Å²) in [7, 11) is 4.88. The minimum absolute atomic E-state index is 0.181. The quantitative estimate of drug-likeness (QED) is 0.878. The Morgan fingerprint density at radius 1 is 1.08 bits per heavy atom. The number of nitriles is 1. The van der Waals surface area contributed by atoms with Gasteiger partial charge in [0.05, 0.1) is 25.9 Å². The second-order valence-electron chi connectivity index (χ2n) is 5.51. The van der Waals surface area contributed by atoms with Crippen LogP contribution in [-0.4, -0.2) is 32.2 Å². The highest BCUT2D eigenvalue weighted by atomic mass is 16.5. The largest absolute Gasteiger partial charge is 0.493 e. The molecule has 130 valence electrons. The molecule has 2 amide bonds. The summed E-state index contributed by atoms with van der Waals surface area (Å²) in [6.07, 6.45) is 0. The molecule has 0 aliphatic heterocycles. The predicted octanol–water partition coefficient (Wildman–Crippen LogP) is 2.92. The van der Waals surface area contributed by atoms with Crippen LogP contribution in [0.4, 0.5) is 4.79 Å². The summed E-state index contributed by atoms with van der Waals surface area (Å²) in [5.41, 5.74) is 2.48. The van der Waals surface area contributed by atoms with E-state index in [0.29, 0.717) is 30.2 Å². The standard InChI is InChI=1S/C19H21N3O3/c1-22(13-15-6-4-14(11-20)5-7-15)19(23)21-12-16-8-9-17(24-2)18(10-16)25-3/h4-10H,12-13H2,1-3H3,(H,21,23). The minimum Gasteiger partial charge on any atom is -0.493 e. The van der Waals surface area contributed by atoms with E-state index in [1.807, 2.05) is 24.3 Å². The molecule has 0 atom stereocenters. The Morgan fingerprint density at radius 2 is 1.72 bits per heavy atom. The summed E-state index contributed by atoms with van der Waals surface area (Å²) >= 11 is 0. The van der Waals surface area contributed by atoms with Gasteiger partial charge in [-0.3, -0.25) is 0 Å². The predicted molar refractivity (Wildman–Crippen MR) is 94.4 cm³/mol. The van der Waals surface area contributed by atoms with Gasteiger partial charge in [0, 0.05) is 20.1 Å². The Labute approximate surface area is 147 Å². The molecular weight excluding hydrogens is 318 g/mol. The first-order chi connectivity index (χ1) is 12.1. The zero-order chi connectivity index (χ0) is 18.2. The summed E-state index contributed by atoms with van der Waals surface area (Å²) < 4.78 is 10.5. The van der Waals surface area contributed by atoms with E-state index in [-0.39, 0.29) is 6.03 Å². The Hall–Kier alpha value is -3.20. The molecule has 25 heavy (non-hydrogen) atoms. The fourth-order valence-corrected chi connectivity index (χ4v) is 2.33. The van der Waals surface area contributed by atoms with Crippen molar-refractivity contribution in [3.05, 3.63) is 59.2 Å². The van der Waals surface area contributed by atoms with Gasteiger partial charge in [0.25, 0.3) is 0 Å². The molecule has 2 rings (SSSR count). The van der Waals surface area contributed by atoms with Crippen LogP contribution in [0.5, 0.6) is 11.5 Å². The van der Waals surface area contributed by atoms with Gasteiger partial charge in [-0.05, 0) is 35.4 Å². The van der Waals surface area contributed by atoms with E-state index in [1.54, 1.807) is 44.4 Å². The van der Waals surface area contributed by atoms with E-state index < -0.39 is 0 Å². The van der Waals surface area contributed by atoms with Gasteiger partial charge >= 0.3 is 6.03 Å². The normalized spacial score (nSPS) is 9.84. The van der Waals surface area contributed by atoms with Crippen molar-refractivity contribution in [2.45, 2.75) is 13.1 Å². The van der Waals surface area contributed by atoms with E-state index >= 15 is 0 Å². The number of methoxy groups -OCH3 is 2. The maximum absolute atomic E-state index is 12.2. The fraction of sp³-hybridized carbons (Fsp3) is 0.263. The van der Waals surface area contributed by atoms with Crippen LogP contribution in [0.3, 0.4) is 0 Å². The van der Waals surface area contributed by atoms with Gasteiger partial charge in [0.1, 0.15) is 0 Å². The van der Waals surface area contributed by atoms with Crippen LogP contribution in [0.25, 0.3) is 0 Å². The molecule has 0 radical (unpaired) electrons. The molecule has 0 saturated heterocycles. The van der Waals surface area contributed by atoms with Crippen molar-refractivity contribution in [3.63, 3.8) is 0 Å². The van der Waals surface area contributed by atoms with Gasteiger partial charge < -0.3 is 19.7 Å². The van der Waals surface area contributed by atoms with Crippen LogP contribution in [-0.2, 0) is 13.1 Å². The van der Waals surface area contributed by atoms with Crippen LogP contribution in [0.15, 0.2) is 42.5 Å². The second-order valence-corrected chi connectivity index (χ2v) is 5.51. The lowest BCUT2D eigenvalue weighted by atomic mass is 10.1. The number of carbonyl (C=O) groups excluding carboxylic acids is 1. The van der Waals surface area contributed by atoms with Crippen LogP contribution < -0.4 is 14.8 Å². The molecule has 0 spiro atoms. The number of rotatable bonds is 6. The van der Waals surface area contributed by atoms with Gasteiger partial charge in [-0.1, -0.05) is 18.2 Å². The highest BCUT2D eigenvalue weighted by Crippen LogP contribution is 2.27. The molecule has 2 aromatic carbocycles. The molecule has 2 aromatic rings. The third-order valence-electron chi connectivity index (χ3n) is 3.74. The Kier molecular flexibility index (Phi) is 6.24. The molecule has 0 bridgehead atoms. The summed E-state index contributed by atoms with van der Waals surface area (Å²) in [5, 5.41) is 11.7. The lowest BCUT2D eigenvalue weighted by Gasteiger charge is -2.18. The highest BCUT2D eigenvalue weighted by molar-refractivity contribution is 5.73. The number of carbonyl (C=O) groups is 1. The number of hydrogen-bond acceptors (Lipinski definition) is 4. The third kappa shape index (κ3) is 4.88. The number of amides is 2.